The van der Waals surface area contributed by atoms with Gasteiger partial charge in [0.05, 0.1) is 12.1 Å². The van der Waals surface area contributed by atoms with Gasteiger partial charge in [-0.2, -0.15) is 19.9 Å². The number of piperidine rings is 1. The molecule has 2 aromatic rings. The molecule has 24 heavy (non-hydrogen) atoms. The van der Waals surface area contributed by atoms with Crippen molar-refractivity contribution in [2.24, 2.45) is 5.92 Å². The predicted molar refractivity (Wildman–Crippen MR) is 88.3 cm³/mol. The summed E-state index contributed by atoms with van der Waals surface area (Å²) in [5.74, 6) is 1.80. The quantitative estimate of drug-likeness (QED) is 0.836. The molecule has 1 saturated heterocycles. The summed E-state index contributed by atoms with van der Waals surface area (Å²) in [6.45, 7) is 5.44. The lowest BCUT2D eigenvalue weighted by molar-refractivity contribution is -0.131. The second-order valence-electron chi connectivity index (χ2n) is 6.35. The van der Waals surface area contributed by atoms with Crippen molar-refractivity contribution in [1.29, 1.82) is 5.26 Å². The zero-order valence-electron chi connectivity index (χ0n) is 14.2. The number of aromatic nitrogens is 4. The van der Waals surface area contributed by atoms with Crippen LogP contribution in [0.3, 0.4) is 0 Å². The van der Waals surface area contributed by atoms with Gasteiger partial charge >= 0.3 is 0 Å². The monoisotopic (exact) mass is 327 g/mol. The van der Waals surface area contributed by atoms with Crippen molar-refractivity contribution in [2.45, 2.75) is 32.7 Å². The van der Waals surface area contributed by atoms with E-state index >= 15 is 0 Å². The van der Waals surface area contributed by atoms with Crippen molar-refractivity contribution in [3.8, 4) is 6.07 Å². The first-order valence-corrected chi connectivity index (χ1v) is 8.06. The highest BCUT2D eigenvalue weighted by Crippen LogP contribution is 2.26. The van der Waals surface area contributed by atoms with Crippen LogP contribution in [0.5, 0.6) is 0 Å². The molecule has 0 bridgehead atoms. The fraction of sp³-hybridized carbons (Fsp3) is 0.562. The van der Waals surface area contributed by atoms with Crippen LogP contribution in [0.15, 0.2) is 12.4 Å². The third kappa shape index (κ3) is 2.89. The van der Waals surface area contributed by atoms with Gasteiger partial charge in [0.2, 0.25) is 5.91 Å². The second-order valence-corrected chi connectivity index (χ2v) is 6.35. The number of carbonyl (C=O) groups excluding carboxylic acids is 1. The SMILES string of the molecule is Cc1cc(N(C)[C@H]2CN(C(=O)CC#N)CC[C@H]2C)n2ncnc2n1. The van der Waals surface area contributed by atoms with Gasteiger partial charge in [0, 0.05) is 31.9 Å². The van der Waals surface area contributed by atoms with Gasteiger partial charge in [0.25, 0.3) is 5.78 Å². The Kier molecular flexibility index (Phi) is 4.34. The van der Waals surface area contributed by atoms with E-state index in [-0.39, 0.29) is 18.4 Å². The van der Waals surface area contributed by atoms with Crippen molar-refractivity contribution < 1.29 is 4.79 Å². The van der Waals surface area contributed by atoms with Crippen LogP contribution in [0.25, 0.3) is 5.78 Å². The molecule has 2 aromatic heterocycles. The van der Waals surface area contributed by atoms with Gasteiger partial charge in [-0.3, -0.25) is 4.79 Å². The Morgan fingerprint density at radius 3 is 3.08 bits per heavy atom. The molecule has 0 saturated carbocycles. The number of anilines is 1. The number of likely N-dealkylation sites (tertiary alicyclic amines) is 1. The summed E-state index contributed by atoms with van der Waals surface area (Å²) < 4.78 is 1.72. The van der Waals surface area contributed by atoms with E-state index in [1.807, 2.05) is 26.1 Å². The van der Waals surface area contributed by atoms with Gasteiger partial charge in [-0.15, -0.1) is 0 Å². The maximum absolute atomic E-state index is 12.1. The molecule has 1 aliphatic heterocycles. The number of aryl methyl sites for hydroxylation is 1. The first-order valence-electron chi connectivity index (χ1n) is 8.06. The number of nitrogens with zero attached hydrogens (tertiary/aromatic N) is 7. The van der Waals surface area contributed by atoms with Gasteiger partial charge in [-0.05, 0) is 19.3 Å². The first kappa shape index (κ1) is 16.2. The number of hydrogen-bond donors (Lipinski definition) is 0. The minimum atomic E-state index is -0.0976. The summed E-state index contributed by atoms with van der Waals surface area (Å²) in [5.41, 5.74) is 0.873. The zero-order valence-corrected chi connectivity index (χ0v) is 14.2. The Hall–Kier alpha value is -2.69. The van der Waals surface area contributed by atoms with Gasteiger partial charge in [0.1, 0.15) is 18.6 Å². The fourth-order valence-electron chi connectivity index (χ4n) is 3.29. The summed E-state index contributed by atoms with van der Waals surface area (Å²) >= 11 is 0. The van der Waals surface area contributed by atoms with Crippen molar-refractivity contribution in [1.82, 2.24) is 24.5 Å². The number of likely N-dealkylation sites (N-methyl/N-ethyl adjacent to an activating group) is 1. The van der Waals surface area contributed by atoms with Crippen LogP contribution in [0.2, 0.25) is 0 Å². The van der Waals surface area contributed by atoms with Crippen molar-refractivity contribution >= 4 is 17.5 Å². The minimum absolute atomic E-state index is 0.0630. The van der Waals surface area contributed by atoms with Crippen LogP contribution in [0.1, 0.15) is 25.5 Å². The predicted octanol–water partition coefficient (Wildman–Crippen LogP) is 1.02. The number of fused-ring (bicyclic) bond motifs is 1. The number of nitriles is 1. The third-order valence-electron chi connectivity index (χ3n) is 4.72. The molecule has 126 valence electrons. The number of hydrogen-bond acceptors (Lipinski definition) is 6. The highest BCUT2D eigenvalue weighted by molar-refractivity contribution is 5.78. The number of carbonyl (C=O) groups is 1. The molecule has 1 aliphatic rings. The van der Waals surface area contributed by atoms with E-state index in [0.29, 0.717) is 24.8 Å². The highest BCUT2D eigenvalue weighted by Gasteiger charge is 2.32. The lowest BCUT2D eigenvalue weighted by Crippen LogP contribution is -2.53. The third-order valence-corrected chi connectivity index (χ3v) is 4.72. The van der Waals surface area contributed by atoms with Crippen LogP contribution in [-0.4, -0.2) is 56.6 Å². The molecule has 1 amide bonds. The highest BCUT2D eigenvalue weighted by atomic mass is 16.2. The summed E-state index contributed by atoms with van der Waals surface area (Å²) in [6, 6.07) is 4.07. The molecule has 0 spiro atoms. The van der Waals surface area contributed by atoms with E-state index in [1.165, 1.54) is 6.33 Å². The lowest BCUT2D eigenvalue weighted by atomic mass is 9.92. The van der Waals surface area contributed by atoms with Gasteiger partial charge < -0.3 is 9.80 Å². The smallest absolute Gasteiger partial charge is 0.254 e. The van der Waals surface area contributed by atoms with Crippen LogP contribution < -0.4 is 4.90 Å². The molecular formula is C16H21N7O. The molecule has 0 aliphatic carbocycles. The molecular weight excluding hydrogens is 306 g/mol. The van der Waals surface area contributed by atoms with Crippen molar-refractivity contribution in [3.63, 3.8) is 0 Å². The Bertz CT molecular complexity index is 793. The van der Waals surface area contributed by atoms with E-state index in [0.717, 1.165) is 17.9 Å². The first-order chi connectivity index (χ1) is 11.5. The summed E-state index contributed by atoms with van der Waals surface area (Å²) in [6.07, 6.45) is 2.34. The van der Waals surface area contributed by atoms with Crippen LogP contribution in [-0.2, 0) is 4.79 Å². The molecule has 2 atom stereocenters. The topological polar surface area (TPSA) is 90.4 Å². The standard InChI is InChI=1S/C16H21N7O/c1-11-5-7-22(15(24)4-6-17)9-13(11)21(3)14-8-12(2)20-16-18-10-19-23(14)16/h8,10-11,13H,4-5,7,9H2,1-3H3/t11-,13+/m1/s1. The van der Waals surface area contributed by atoms with Crippen LogP contribution >= 0.6 is 0 Å². The average molecular weight is 327 g/mol. The molecule has 8 nitrogen and oxygen atoms in total. The largest absolute Gasteiger partial charge is 0.354 e. The fourth-order valence-corrected chi connectivity index (χ4v) is 3.29. The van der Waals surface area contributed by atoms with Crippen molar-refractivity contribution in [2.75, 3.05) is 25.0 Å². The van der Waals surface area contributed by atoms with Crippen LogP contribution in [0.4, 0.5) is 5.82 Å². The van der Waals surface area contributed by atoms with Crippen LogP contribution in [0, 0.1) is 24.2 Å². The van der Waals surface area contributed by atoms with Gasteiger partial charge in [-0.1, -0.05) is 6.92 Å². The Balaban J connectivity index is 1.89. The summed E-state index contributed by atoms with van der Waals surface area (Å²) in [5, 5.41) is 13.0. The molecule has 3 heterocycles. The molecule has 3 rings (SSSR count). The minimum Gasteiger partial charge on any atom is -0.354 e. The summed E-state index contributed by atoms with van der Waals surface area (Å²) in [7, 11) is 2.01. The molecule has 0 aromatic carbocycles. The van der Waals surface area contributed by atoms with E-state index in [9.17, 15) is 4.79 Å². The molecule has 0 unspecified atom stereocenters. The molecule has 8 heteroatoms. The average Bonchev–Trinajstić information content (AvgIpc) is 3.02. The van der Waals surface area contributed by atoms with Gasteiger partial charge in [0.15, 0.2) is 0 Å². The van der Waals surface area contributed by atoms with Gasteiger partial charge in [-0.25, -0.2) is 4.98 Å². The Morgan fingerprint density at radius 1 is 1.54 bits per heavy atom. The zero-order chi connectivity index (χ0) is 17.3. The van der Waals surface area contributed by atoms with Crippen molar-refractivity contribution in [3.05, 3.63) is 18.1 Å². The molecule has 0 N–H and O–H groups in total. The molecule has 1 fully saturated rings. The maximum Gasteiger partial charge on any atom is 0.254 e. The van der Waals surface area contributed by atoms with E-state index in [2.05, 4.69) is 26.9 Å². The second kappa shape index (κ2) is 6.43. The van der Waals surface area contributed by atoms with E-state index in [4.69, 9.17) is 5.26 Å². The number of rotatable bonds is 3. The Labute approximate surface area is 140 Å². The van der Waals surface area contributed by atoms with E-state index in [1.54, 1.807) is 9.42 Å². The normalized spacial score (nSPS) is 20.8. The number of amides is 1. The van der Waals surface area contributed by atoms with E-state index < -0.39 is 0 Å². The maximum atomic E-state index is 12.1. The lowest BCUT2D eigenvalue weighted by Gasteiger charge is -2.42. The summed E-state index contributed by atoms with van der Waals surface area (Å²) in [4.78, 5) is 24.6. The Morgan fingerprint density at radius 2 is 2.33 bits per heavy atom. The molecule has 0 radical (unpaired) electrons.